The fraction of sp³-hybridized carbons (Fsp3) is 1.00. The van der Waals surface area contributed by atoms with Crippen LogP contribution in [0.2, 0.25) is 0 Å². The third-order valence-electron chi connectivity index (χ3n) is 3.02. The second-order valence-electron chi connectivity index (χ2n) is 3.92. The van der Waals surface area contributed by atoms with Crippen LogP contribution in [0.4, 0.5) is 0 Å². The summed E-state index contributed by atoms with van der Waals surface area (Å²) in [5.74, 6) is 0.240. The quantitative estimate of drug-likeness (QED) is 0.728. The van der Waals surface area contributed by atoms with Gasteiger partial charge in [0.2, 0.25) is 10.0 Å². The van der Waals surface area contributed by atoms with E-state index in [1.807, 2.05) is 0 Å². The highest BCUT2D eigenvalue weighted by atomic mass is 32.2. The van der Waals surface area contributed by atoms with Crippen LogP contribution >= 0.6 is 0 Å². The van der Waals surface area contributed by atoms with Gasteiger partial charge in [0.15, 0.2) is 0 Å². The molecule has 0 saturated carbocycles. The zero-order chi connectivity index (χ0) is 10.6. The minimum Gasteiger partial charge on any atom is -0.212 e. The van der Waals surface area contributed by atoms with Crippen molar-refractivity contribution in [3.05, 3.63) is 0 Å². The highest BCUT2D eigenvalue weighted by molar-refractivity contribution is 7.89. The molecule has 0 aromatic heterocycles. The first-order valence-electron chi connectivity index (χ1n) is 5.61. The molecule has 4 heteroatoms. The van der Waals surface area contributed by atoms with E-state index >= 15 is 0 Å². The average molecular weight is 219 g/mol. The molecule has 0 radical (unpaired) electrons. The smallest absolute Gasteiger partial charge is 0.212 e. The van der Waals surface area contributed by atoms with Crippen molar-refractivity contribution in [1.82, 2.24) is 4.31 Å². The summed E-state index contributed by atoms with van der Waals surface area (Å²) in [6.07, 6.45) is 5.35. The molecule has 84 valence electrons. The Labute approximate surface area is 87.5 Å². The van der Waals surface area contributed by atoms with Gasteiger partial charge in [-0.3, -0.25) is 0 Å². The Morgan fingerprint density at radius 2 is 1.93 bits per heavy atom. The van der Waals surface area contributed by atoms with Crippen LogP contribution in [0.1, 0.15) is 46.0 Å². The summed E-state index contributed by atoms with van der Waals surface area (Å²) < 4.78 is 25.3. The lowest BCUT2D eigenvalue weighted by Gasteiger charge is -2.27. The lowest BCUT2D eigenvalue weighted by molar-refractivity contribution is 0.315. The molecule has 1 unspecified atom stereocenters. The number of hydrogen-bond acceptors (Lipinski definition) is 2. The summed E-state index contributed by atoms with van der Waals surface area (Å²) in [4.78, 5) is 0. The molecule has 1 fully saturated rings. The number of sulfonamides is 1. The number of nitrogens with zero attached hydrogens (tertiary/aromatic N) is 1. The molecule has 0 amide bonds. The van der Waals surface area contributed by atoms with Crippen LogP contribution < -0.4 is 0 Å². The van der Waals surface area contributed by atoms with Crippen LogP contribution in [0.3, 0.4) is 0 Å². The lowest BCUT2D eigenvalue weighted by Crippen LogP contribution is -2.40. The minimum absolute atomic E-state index is 0.240. The summed E-state index contributed by atoms with van der Waals surface area (Å²) in [6.45, 7) is 4.54. The van der Waals surface area contributed by atoms with Gasteiger partial charge in [-0.25, -0.2) is 8.42 Å². The molecule has 0 aromatic rings. The fourth-order valence-corrected chi connectivity index (χ4v) is 3.54. The maximum Gasteiger partial charge on any atom is 0.214 e. The first-order chi connectivity index (χ1) is 6.61. The van der Waals surface area contributed by atoms with Crippen molar-refractivity contribution < 1.29 is 8.42 Å². The topological polar surface area (TPSA) is 37.4 Å². The van der Waals surface area contributed by atoms with Gasteiger partial charge in [0, 0.05) is 12.6 Å². The Morgan fingerprint density at radius 3 is 2.50 bits per heavy atom. The van der Waals surface area contributed by atoms with E-state index in [4.69, 9.17) is 0 Å². The highest BCUT2D eigenvalue weighted by Crippen LogP contribution is 2.22. The van der Waals surface area contributed by atoms with Crippen molar-refractivity contribution in [1.29, 1.82) is 0 Å². The fourth-order valence-electron chi connectivity index (χ4n) is 2.09. The van der Waals surface area contributed by atoms with E-state index in [0.29, 0.717) is 0 Å². The van der Waals surface area contributed by atoms with Gasteiger partial charge in [-0.1, -0.05) is 19.8 Å². The molecular weight excluding hydrogens is 198 g/mol. The van der Waals surface area contributed by atoms with E-state index in [2.05, 4.69) is 6.92 Å². The third kappa shape index (κ3) is 2.70. The summed E-state index contributed by atoms with van der Waals surface area (Å²) in [5, 5.41) is 0. The van der Waals surface area contributed by atoms with E-state index in [1.165, 1.54) is 12.8 Å². The Hall–Kier alpha value is -0.0900. The van der Waals surface area contributed by atoms with Gasteiger partial charge in [-0.05, 0) is 26.2 Å². The van der Waals surface area contributed by atoms with Gasteiger partial charge in [-0.15, -0.1) is 0 Å². The molecule has 1 rings (SSSR count). The monoisotopic (exact) mass is 219 g/mol. The summed E-state index contributed by atoms with van der Waals surface area (Å²) in [5.41, 5.74) is 0. The molecule has 0 aliphatic carbocycles. The van der Waals surface area contributed by atoms with Gasteiger partial charge in [0.05, 0.1) is 5.75 Å². The zero-order valence-electron chi connectivity index (χ0n) is 9.20. The van der Waals surface area contributed by atoms with Crippen molar-refractivity contribution in [2.24, 2.45) is 0 Å². The van der Waals surface area contributed by atoms with Crippen LogP contribution in [-0.4, -0.2) is 31.1 Å². The van der Waals surface area contributed by atoms with Crippen molar-refractivity contribution >= 4 is 10.0 Å². The first kappa shape index (κ1) is 12.0. The predicted molar refractivity (Wildman–Crippen MR) is 58.7 cm³/mol. The van der Waals surface area contributed by atoms with Crippen LogP contribution in [0.15, 0.2) is 0 Å². The summed E-state index contributed by atoms with van der Waals surface area (Å²) in [6, 6.07) is 0.252. The molecule has 1 heterocycles. The van der Waals surface area contributed by atoms with Gasteiger partial charge < -0.3 is 0 Å². The largest absolute Gasteiger partial charge is 0.214 e. The summed E-state index contributed by atoms with van der Waals surface area (Å²) in [7, 11) is -2.97. The number of hydrogen-bond donors (Lipinski definition) is 0. The van der Waals surface area contributed by atoms with Crippen LogP contribution in [0, 0.1) is 0 Å². The lowest BCUT2D eigenvalue weighted by atomic mass is 10.1. The standard InChI is InChI=1S/C10H21NO2S/c1-3-10-8-6-5-7-9-11(10)14(12,13)4-2/h10H,3-9H2,1-2H3. The maximum atomic E-state index is 11.8. The molecule has 1 atom stereocenters. The number of rotatable bonds is 3. The van der Waals surface area contributed by atoms with Crippen LogP contribution in [-0.2, 0) is 10.0 Å². The molecule has 1 saturated heterocycles. The van der Waals surface area contributed by atoms with E-state index in [0.717, 1.165) is 25.8 Å². The second kappa shape index (κ2) is 5.12. The van der Waals surface area contributed by atoms with Gasteiger partial charge in [0.1, 0.15) is 0 Å². The Bertz CT molecular complexity index is 261. The van der Waals surface area contributed by atoms with Crippen molar-refractivity contribution in [2.75, 3.05) is 12.3 Å². The van der Waals surface area contributed by atoms with E-state index in [-0.39, 0.29) is 11.8 Å². The minimum atomic E-state index is -2.97. The highest BCUT2D eigenvalue weighted by Gasteiger charge is 2.28. The van der Waals surface area contributed by atoms with Gasteiger partial charge in [0.25, 0.3) is 0 Å². The van der Waals surface area contributed by atoms with Crippen LogP contribution in [0.25, 0.3) is 0 Å². The zero-order valence-corrected chi connectivity index (χ0v) is 10.0. The molecule has 0 aromatic carbocycles. The molecule has 14 heavy (non-hydrogen) atoms. The van der Waals surface area contributed by atoms with E-state index < -0.39 is 10.0 Å². The van der Waals surface area contributed by atoms with Crippen LogP contribution in [0.5, 0.6) is 0 Å². The molecular formula is C10H21NO2S. The van der Waals surface area contributed by atoms with Crippen molar-refractivity contribution in [3.8, 4) is 0 Å². The molecule has 1 aliphatic heterocycles. The molecule has 1 aliphatic rings. The van der Waals surface area contributed by atoms with E-state index in [9.17, 15) is 8.42 Å². The normalized spacial score (nSPS) is 26.0. The molecule has 0 N–H and O–H groups in total. The third-order valence-corrected chi connectivity index (χ3v) is 4.94. The Balaban J connectivity index is 2.80. The SMILES string of the molecule is CCC1CCCCCN1S(=O)(=O)CC. The second-order valence-corrected chi connectivity index (χ2v) is 6.13. The van der Waals surface area contributed by atoms with Gasteiger partial charge >= 0.3 is 0 Å². The predicted octanol–water partition coefficient (Wildman–Crippen LogP) is 1.99. The molecule has 3 nitrogen and oxygen atoms in total. The van der Waals surface area contributed by atoms with Crippen molar-refractivity contribution in [3.63, 3.8) is 0 Å². The van der Waals surface area contributed by atoms with Crippen molar-refractivity contribution in [2.45, 2.75) is 52.0 Å². The summed E-state index contributed by atoms with van der Waals surface area (Å²) >= 11 is 0. The maximum absolute atomic E-state index is 11.8. The van der Waals surface area contributed by atoms with E-state index in [1.54, 1.807) is 11.2 Å². The first-order valence-corrected chi connectivity index (χ1v) is 7.22. The Morgan fingerprint density at radius 1 is 1.21 bits per heavy atom. The van der Waals surface area contributed by atoms with Gasteiger partial charge in [-0.2, -0.15) is 4.31 Å². The molecule has 0 bridgehead atoms. The Kier molecular flexibility index (Phi) is 4.38. The average Bonchev–Trinajstić information content (AvgIpc) is 2.42. The molecule has 0 spiro atoms.